The number of nitrogen functional groups attached to an aromatic ring is 1. The van der Waals surface area contributed by atoms with Crippen molar-refractivity contribution in [3.63, 3.8) is 0 Å². The Morgan fingerprint density at radius 3 is 2.37 bits per heavy atom. The molecule has 2 fully saturated rings. The summed E-state index contributed by atoms with van der Waals surface area (Å²) in [6, 6.07) is 6.89. The van der Waals surface area contributed by atoms with Gasteiger partial charge in [-0.3, -0.25) is 4.90 Å². The van der Waals surface area contributed by atoms with E-state index < -0.39 is 46.8 Å². The Balaban J connectivity index is 1.40. The van der Waals surface area contributed by atoms with Crippen LogP contribution < -0.4 is 20.5 Å². The fourth-order valence-electron chi connectivity index (χ4n) is 6.84. The average molecular weight is 736 g/mol. The lowest BCUT2D eigenvalue weighted by Gasteiger charge is -2.41. The molecule has 2 aliphatic heterocycles. The Labute approximate surface area is 299 Å². The van der Waals surface area contributed by atoms with Crippen LogP contribution in [0, 0.1) is 12.3 Å². The molecule has 0 saturated carbocycles. The van der Waals surface area contributed by atoms with Crippen molar-refractivity contribution in [2.75, 3.05) is 50.9 Å². The number of piperidine rings is 1. The van der Waals surface area contributed by atoms with E-state index in [9.17, 15) is 27.9 Å². The van der Waals surface area contributed by atoms with Gasteiger partial charge in [-0.1, -0.05) is 17.7 Å². The van der Waals surface area contributed by atoms with Gasteiger partial charge < -0.3 is 34.9 Å². The number of aromatic nitrogens is 4. The molecule has 17 heteroatoms. The lowest BCUT2D eigenvalue weighted by Crippen LogP contribution is -2.60. The van der Waals surface area contributed by atoms with Crippen LogP contribution in [0.15, 0.2) is 36.5 Å². The van der Waals surface area contributed by atoms with E-state index in [2.05, 4.69) is 15.1 Å². The Hall–Kier alpha value is -4.31. The smallest absolute Gasteiger partial charge is 0.429 e. The van der Waals surface area contributed by atoms with Crippen LogP contribution in [-0.4, -0.2) is 99.2 Å². The summed E-state index contributed by atoms with van der Waals surface area (Å²) in [7, 11) is 3.64. The zero-order chi connectivity index (χ0) is 37.5. The number of carboxylic acids is 1. The number of alkyl halides is 3. The molecule has 2 aliphatic rings. The van der Waals surface area contributed by atoms with Crippen molar-refractivity contribution >= 4 is 35.4 Å². The molecule has 3 aromatic rings. The number of anilines is 2. The number of aryl methyl sites for hydroxylation is 1. The number of nitrogens with zero attached hydrogens (tertiary/aromatic N) is 7. The van der Waals surface area contributed by atoms with E-state index in [1.165, 1.54) is 40.0 Å². The normalized spacial score (nSPS) is 19.8. The number of hydrogen-bond acceptors (Lipinski definition) is 11. The minimum Gasteiger partial charge on any atom is -0.548 e. The second kappa shape index (κ2) is 14.0. The van der Waals surface area contributed by atoms with Crippen LogP contribution in [0.3, 0.4) is 0 Å². The highest BCUT2D eigenvalue weighted by molar-refractivity contribution is 6.30. The number of nitrogens with two attached hydrogens (primary N) is 1. The van der Waals surface area contributed by atoms with Crippen molar-refractivity contribution in [2.24, 2.45) is 5.41 Å². The number of amides is 1. The highest BCUT2D eigenvalue weighted by Gasteiger charge is 2.57. The van der Waals surface area contributed by atoms with E-state index in [0.29, 0.717) is 38.2 Å². The van der Waals surface area contributed by atoms with Crippen LogP contribution in [0.2, 0.25) is 5.02 Å². The molecule has 1 spiro atoms. The highest BCUT2D eigenvalue weighted by atomic mass is 35.5. The summed E-state index contributed by atoms with van der Waals surface area (Å²) in [6.07, 6.45) is -5.32. The molecule has 0 bridgehead atoms. The molecular formula is C34H43ClF3N8O5-. The monoisotopic (exact) mass is 735 g/mol. The molecule has 5 rings (SSSR count). The number of halogens is 4. The Kier molecular flexibility index (Phi) is 10.4. The maximum Gasteiger partial charge on any atom is 0.429 e. The molecule has 4 heterocycles. The predicted octanol–water partition coefficient (Wildman–Crippen LogP) is 4.56. The first-order valence-electron chi connectivity index (χ1n) is 16.5. The molecular weight excluding hydrogens is 693 g/mol. The summed E-state index contributed by atoms with van der Waals surface area (Å²) < 4.78 is 56.5. The minimum absolute atomic E-state index is 0.0803. The molecule has 2 atom stereocenters. The van der Waals surface area contributed by atoms with E-state index in [-0.39, 0.29) is 47.4 Å². The second-order valence-corrected chi connectivity index (χ2v) is 15.1. The third kappa shape index (κ3) is 8.43. The molecule has 278 valence electrons. The molecule has 13 nitrogen and oxygen atoms in total. The van der Waals surface area contributed by atoms with Crippen LogP contribution in [-0.2, 0) is 9.53 Å². The number of hydrogen-bond donors (Lipinski definition) is 1. The fraction of sp³-hybridized carbons (Fsp3) is 0.559. The van der Waals surface area contributed by atoms with Gasteiger partial charge in [0, 0.05) is 49.0 Å². The van der Waals surface area contributed by atoms with Crippen LogP contribution >= 0.6 is 11.6 Å². The number of aliphatic carboxylic acids is 1. The predicted molar refractivity (Wildman–Crippen MR) is 182 cm³/mol. The first-order chi connectivity index (χ1) is 23.7. The van der Waals surface area contributed by atoms with Crippen LogP contribution in [0.5, 0.6) is 5.88 Å². The van der Waals surface area contributed by atoms with E-state index in [0.717, 1.165) is 0 Å². The van der Waals surface area contributed by atoms with Crippen molar-refractivity contribution < 1.29 is 37.3 Å². The number of likely N-dealkylation sites (tertiary alicyclic amines) is 1. The Bertz CT molecular complexity index is 1760. The van der Waals surface area contributed by atoms with Crippen molar-refractivity contribution in [1.82, 2.24) is 29.5 Å². The number of benzene rings is 1. The second-order valence-electron chi connectivity index (χ2n) is 14.7. The van der Waals surface area contributed by atoms with Crippen molar-refractivity contribution in [2.45, 2.75) is 76.8 Å². The van der Waals surface area contributed by atoms with Gasteiger partial charge in [0.1, 0.15) is 11.4 Å². The van der Waals surface area contributed by atoms with Crippen LogP contribution in [0.25, 0.3) is 5.69 Å². The van der Waals surface area contributed by atoms with Gasteiger partial charge in [-0.25, -0.2) is 9.48 Å². The first-order valence-corrected chi connectivity index (χ1v) is 16.9. The summed E-state index contributed by atoms with van der Waals surface area (Å²) in [6.45, 7) is 8.09. The Morgan fingerprint density at radius 2 is 1.80 bits per heavy atom. The molecule has 1 amide bonds. The van der Waals surface area contributed by atoms with Gasteiger partial charge in [0.2, 0.25) is 17.9 Å². The van der Waals surface area contributed by atoms with E-state index in [1.54, 1.807) is 33.8 Å². The van der Waals surface area contributed by atoms with E-state index in [1.807, 2.05) is 23.9 Å². The molecule has 51 heavy (non-hydrogen) atoms. The van der Waals surface area contributed by atoms with Gasteiger partial charge in [0.25, 0.3) is 0 Å². The molecule has 2 N–H and O–H groups in total. The Morgan fingerprint density at radius 1 is 1.12 bits per heavy atom. The minimum atomic E-state index is -4.87. The third-order valence-electron chi connectivity index (χ3n) is 9.28. The van der Waals surface area contributed by atoms with Gasteiger partial charge in [-0.15, -0.1) is 0 Å². The van der Waals surface area contributed by atoms with Gasteiger partial charge in [-0.05, 0) is 91.1 Å². The number of carbonyl (C=O) groups excluding carboxylic acids is 2. The van der Waals surface area contributed by atoms with Crippen LogP contribution in [0.1, 0.15) is 63.8 Å². The molecule has 0 radical (unpaired) electrons. The zero-order valence-electron chi connectivity index (χ0n) is 29.5. The van der Waals surface area contributed by atoms with Crippen molar-refractivity contribution in [1.29, 1.82) is 0 Å². The number of rotatable bonds is 9. The van der Waals surface area contributed by atoms with E-state index in [4.69, 9.17) is 26.8 Å². The molecule has 2 aromatic heterocycles. The largest absolute Gasteiger partial charge is 0.548 e. The standard InChI is InChI=1S/C34H44ClF3N8O5/c1-21-9-13-46(42-21)24-17-22(35)7-8-23(24)27(34(36,37)38)50-26-18-25(40-29(39)41-26)44-15-10-32(11-16-44)19-33(28(47)48,12-14-43(5)6)45(20-32)30(49)51-31(2,3)4/h7-9,13,17-18,27H,10-12,14-16,19-20H2,1-6H3,(H,47,48)(H2,39,40,41)/p-1/t27-,33-/m1/s1. The maximum atomic E-state index is 14.7. The summed E-state index contributed by atoms with van der Waals surface area (Å²) in [5, 5.41) is 17.3. The summed E-state index contributed by atoms with van der Waals surface area (Å²) in [4.78, 5) is 39.6. The molecule has 0 aliphatic carbocycles. The van der Waals surface area contributed by atoms with E-state index >= 15 is 0 Å². The van der Waals surface area contributed by atoms with Crippen LogP contribution in [0.4, 0.5) is 29.7 Å². The molecule has 0 unspecified atom stereocenters. The van der Waals surface area contributed by atoms with Crippen molar-refractivity contribution in [3.05, 3.63) is 52.8 Å². The first kappa shape index (κ1) is 37.9. The number of ether oxygens (including phenoxy) is 2. The highest BCUT2D eigenvalue weighted by Crippen LogP contribution is 2.50. The third-order valence-corrected chi connectivity index (χ3v) is 9.51. The summed E-state index contributed by atoms with van der Waals surface area (Å²) in [5.74, 6) is -1.78. The zero-order valence-corrected chi connectivity index (χ0v) is 30.2. The maximum absolute atomic E-state index is 14.7. The summed E-state index contributed by atoms with van der Waals surface area (Å²) in [5.41, 5.74) is 3.41. The quantitative estimate of drug-likeness (QED) is 0.329. The fourth-order valence-corrected chi connectivity index (χ4v) is 7.01. The van der Waals surface area contributed by atoms with Crippen molar-refractivity contribution in [3.8, 4) is 11.6 Å². The lowest BCUT2D eigenvalue weighted by atomic mass is 9.73. The van der Waals surface area contributed by atoms with Gasteiger partial charge in [0.05, 0.1) is 22.9 Å². The summed E-state index contributed by atoms with van der Waals surface area (Å²) >= 11 is 6.17. The lowest BCUT2D eigenvalue weighted by molar-refractivity contribution is -0.318. The number of carboxylic acid groups (broad SMARTS) is 1. The molecule has 1 aromatic carbocycles. The number of carbonyl (C=O) groups is 2. The SMILES string of the molecule is Cc1ccn(-c2cc(Cl)ccc2[C@@H](Oc2cc(N3CCC4(CC3)CN(C(=O)OC(C)(C)C)[C@@](CCN(C)C)(C(=O)[O-])C4)nc(N)n2)C(F)(F)F)n1. The van der Waals surface area contributed by atoms with Gasteiger partial charge in [0.15, 0.2) is 0 Å². The van der Waals surface area contributed by atoms with Gasteiger partial charge in [-0.2, -0.15) is 28.2 Å². The average Bonchev–Trinajstić information content (AvgIpc) is 3.60. The van der Waals surface area contributed by atoms with Gasteiger partial charge >= 0.3 is 12.3 Å². The molecule has 2 saturated heterocycles. The topological polar surface area (TPSA) is 155 Å².